The van der Waals surface area contributed by atoms with Gasteiger partial charge in [0.05, 0.1) is 0 Å². The third kappa shape index (κ3) is 43.5. The highest BCUT2D eigenvalue weighted by Gasteiger charge is 2.19. The van der Waals surface area contributed by atoms with Gasteiger partial charge in [-0.15, -0.1) is 0 Å². The topological polar surface area (TPSA) is 78.9 Å². The minimum absolute atomic E-state index is 0.0635. The zero-order valence-corrected chi connectivity index (χ0v) is 38.1. The predicted molar refractivity (Wildman–Crippen MR) is 238 cm³/mol. The van der Waals surface area contributed by atoms with Gasteiger partial charge in [-0.1, -0.05) is 240 Å². The molecule has 0 saturated heterocycles. The van der Waals surface area contributed by atoms with Crippen LogP contribution in [0.1, 0.15) is 278 Å². The largest absolute Gasteiger partial charge is 0.462 e. The average molecular weight is 793 g/mol. The van der Waals surface area contributed by atoms with Crippen LogP contribution in [0.3, 0.4) is 0 Å². The van der Waals surface area contributed by atoms with Crippen molar-refractivity contribution >= 4 is 17.9 Å². The summed E-state index contributed by atoms with van der Waals surface area (Å²) < 4.78 is 16.8. The maximum absolute atomic E-state index is 12.7. The standard InChI is InChI=1S/C50H96O6/c1-5-7-9-11-13-15-17-19-21-23-25-29-33-37-41-48(51)54-44-47(45-55-49(52)42-38-34-31-27-28-32-36-40-46(3)4)56-50(53)43-39-35-30-26-24-22-20-18-16-14-12-10-8-6-2/h46-47H,5-45H2,1-4H3/t47-/m1/s1. The van der Waals surface area contributed by atoms with Crippen LogP contribution >= 0.6 is 0 Å². The first kappa shape index (κ1) is 54.4. The van der Waals surface area contributed by atoms with Gasteiger partial charge in [0, 0.05) is 19.3 Å². The van der Waals surface area contributed by atoms with E-state index in [1.54, 1.807) is 0 Å². The Morgan fingerprint density at radius 3 is 0.875 bits per heavy atom. The van der Waals surface area contributed by atoms with E-state index in [2.05, 4.69) is 27.7 Å². The highest BCUT2D eigenvalue weighted by Crippen LogP contribution is 2.17. The molecule has 56 heavy (non-hydrogen) atoms. The van der Waals surface area contributed by atoms with Gasteiger partial charge in [-0.2, -0.15) is 0 Å². The third-order valence-electron chi connectivity index (χ3n) is 11.3. The van der Waals surface area contributed by atoms with Crippen LogP contribution in [-0.4, -0.2) is 37.2 Å². The molecule has 0 spiro atoms. The molecule has 1 atom stereocenters. The van der Waals surface area contributed by atoms with Crippen molar-refractivity contribution < 1.29 is 28.6 Å². The SMILES string of the molecule is CCCCCCCCCCCCCCCCC(=O)OC[C@H](COC(=O)CCCCCCCCCC(C)C)OC(=O)CCCCCCCCCCCCCCCC. The maximum atomic E-state index is 12.7. The van der Waals surface area contributed by atoms with Gasteiger partial charge in [0.1, 0.15) is 13.2 Å². The van der Waals surface area contributed by atoms with E-state index in [-0.39, 0.29) is 31.1 Å². The van der Waals surface area contributed by atoms with Crippen LogP contribution in [0.4, 0.5) is 0 Å². The van der Waals surface area contributed by atoms with E-state index in [1.165, 1.54) is 173 Å². The Labute approximate surface area is 348 Å². The lowest BCUT2D eigenvalue weighted by Crippen LogP contribution is -2.30. The summed E-state index contributed by atoms with van der Waals surface area (Å²) in [4.78, 5) is 37.8. The highest BCUT2D eigenvalue weighted by atomic mass is 16.6. The number of hydrogen-bond donors (Lipinski definition) is 0. The van der Waals surface area contributed by atoms with Gasteiger partial charge in [-0.25, -0.2) is 0 Å². The molecule has 332 valence electrons. The second kappa shape index (κ2) is 44.5. The van der Waals surface area contributed by atoms with E-state index < -0.39 is 6.10 Å². The van der Waals surface area contributed by atoms with Gasteiger partial charge in [-0.05, 0) is 25.2 Å². The van der Waals surface area contributed by atoms with Crippen molar-refractivity contribution in [2.45, 2.75) is 284 Å². The first-order valence-corrected chi connectivity index (χ1v) is 24.9. The molecule has 0 heterocycles. The van der Waals surface area contributed by atoms with Gasteiger partial charge in [0.25, 0.3) is 0 Å². The van der Waals surface area contributed by atoms with Crippen LogP contribution in [0, 0.1) is 5.92 Å². The summed E-state index contributed by atoms with van der Waals surface area (Å²) in [6.07, 6.45) is 45.2. The predicted octanol–water partition coefficient (Wildman–Crippen LogP) is 15.9. The van der Waals surface area contributed by atoms with E-state index in [0.29, 0.717) is 19.3 Å². The molecule has 0 aromatic rings. The van der Waals surface area contributed by atoms with Crippen LogP contribution in [0.5, 0.6) is 0 Å². The molecule has 0 aliphatic carbocycles. The van der Waals surface area contributed by atoms with Gasteiger partial charge in [0.15, 0.2) is 6.10 Å². The first-order chi connectivity index (χ1) is 27.4. The van der Waals surface area contributed by atoms with E-state index in [1.807, 2.05) is 0 Å². The molecule has 0 fully saturated rings. The molecule has 0 amide bonds. The molecule has 0 rings (SSSR count). The lowest BCUT2D eigenvalue weighted by atomic mass is 10.0. The molecular formula is C50H96O6. The van der Waals surface area contributed by atoms with Crippen molar-refractivity contribution in [3.63, 3.8) is 0 Å². The molecule has 0 aromatic carbocycles. The fraction of sp³-hybridized carbons (Fsp3) is 0.940. The van der Waals surface area contributed by atoms with E-state index in [0.717, 1.165) is 63.7 Å². The van der Waals surface area contributed by atoms with Crippen molar-refractivity contribution in [3.8, 4) is 0 Å². The van der Waals surface area contributed by atoms with Crippen LogP contribution < -0.4 is 0 Å². The minimum Gasteiger partial charge on any atom is -0.462 e. The van der Waals surface area contributed by atoms with Crippen molar-refractivity contribution in [2.75, 3.05) is 13.2 Å². The average Bonchev–Trinajstić information content (AvgIpc) is 3.18. The monoisotopic (exact) mass is 793 g/mol. The Balaban J connectivity index is 4.30. The fourth-order valence-electron chi connectivity index (χ4n) is 7.51. The zero-order valence-electron chi connectivity index (χ0n) is 38.1. The molecule has 6 nitrogen and oxygen atoms in total. The Kier molecular flexibility index (Phi) is 43.2. The van der Waals surface area contributed by atoms with Crippen LogP contribution in [0.2, 0.25) is 0 Å². The number of ether oxygens (including phenoxy) is 3. The second-order valence-corrected chi connectivity index (χ2v) is 17.6. The van der Waals surface area contributed by atoms with Crippen LogP contribution in [0.25, 0.3) is 0 Å². The van der Waals surface area contributed by atoms with Gasteiger partial charge in [0.2, 0.25) is 0 Å². The summed E-state index contributed by atoms with van der Waals surface area (Å²) in [6, 6.07) is 0. The molecule has 0 bridgehead atoms. The molecule has 0 aliphatic rings. The smallest absolute Gasteiger partial charge is 0.306 e. The highest BCUT2D eigenvalue weighted by molar-refractivity contribution is 5.71. The summed E-state index contributed by atoms with van der Waals surface area (Å²) in [5.41, 5.74) is 0. The number of carbonyl (C=O) groups is 3. The molecule has 6 heteroatoms. The van der Waals surface area contributed by atoms with Crippen LogP contribution in [-0.2, 0) is 28.6 Å². The molecule has 0 saturated carbocycles. The Bertz CT molecular complexity index is 841. The van der Waals surface area contributed by atoms with Crippen molar-refractivity contribution in [3.05, 3.63) is 0 Å². The molecule has 0 aliphatic heterocycles. The normalized spacial score (nSPS) is 11.9. The summed E-state index contributed by atoms with van der Waals surface area (Å²) in [7, 11) is 0. The molecule has 0 aromatic heterocycles. The van der Waals surface area contributed by atoms with Gasteiger partial charge in [-0.3, -0.25) is 14.4 Å². The van der Waals surface area contributed by atoms with Crippen molar-refractivity contribution in [1.29, 1.82) is 0 Å². The minimum atomic E-state index is -0.760. The second-order valence-electron chi connectivity index (χ2n) is 17.6. The quantitative estimate of drug-likeness (QED) is 0.0347. The summed E-state index contributed by atoms with van der Waals surface area (Å²) in [5, 5.41) is 0. The Hall–Kier alpha value is -1.59. The lowest BCUT2D eigenvalue weighted by molar-refractivity contribution is -0.167. The Morgan fingerprint density at radius 2 is 0.589 bits per heavy atom. The van der Waals surface area contributed by atoms with Crippen molar-refractivity contribution in [2.24, 2.45) is 5.92 Å². The molecule has 0 unspecified atom stereocenters. The van der Waals surface area contributed by atoms with Gasteiger partial charge < -0.3 is 14.2 Å². The van der Waals surface area contributed by atoms with E-state index in [4.69, 9.17) is 14.2 Å². The zero-order chi connectivity index (χ0) is 41.0. The number of carbonyl (C=O) groups excluding carboxylic acids is 3. The third-order valence-corrected chi connectivity index (χ3v) is 11.3. The maximum Gasteiger partial charge on any atom is 0.306 e. The first-order valence-electron chi connectivity index (χ1n) is 24.9. The summed E-state index contributed by atoms with van der Waals surface area (Å²) >= 11 is 0. The lowest BCUT2D eigenvalue weighted by Gasteiger charge is -2.18. The fourth-order valence-corrected chi connectivity index (χ4v) is 7.51. The number of rotatable bonds is 45. The number of unbranched alkanes of at least 4 members (excludes halogenated alkanes) is 32. The van der Waals surface area contributed by atoms with Gasteiger partial charge >= 0.3 is 17.9 Å². The van der Waals surface area contributed by atoms with E-state index >= 15 is 0 Å². The van der Waals surface area contributed by atoms with Crippen LogP contribution in [0.15, 0.2) is 0 Å². The molecular weight excluding hydrogens is 697 g/mol. The van der Waals surface area contributed by atoms with E-state index in [9.17, 15) is 14.4 Å². The van der Waals surface area contributed by atoms with Crippen molar-refractivity contribution in [1.82, 2.24) is 0 Å². The summed E-state index contributed by atoms with van der Waals surface area (Å²) in [5.74, 6) is -0.0681. The number of esters is 3. The molecule has 0 radical (unpaired) electrons. The Morgan fingerprint density at radius 1 is 0.339 bits per heavy atom. The summed E-state index contributed by atoms with van der Waals surface area (Å²) in [6.45, 7) is 8.97. The number of hydrogen-bond acceptors (Lipinski definition) is 6. The molecule has 0 N–H and O–H groups in total.